The Balaban J connectivity index is 0.00000144. The smallest absolute Gasteiger partial charge is 0.224 e. The van der Waals surface area contributed by atoms with Crippen LogP contribution in [-0.2, 0) is 11.3 Å². The summed E-state index contributed by atoms with van der Waals surface area (Å²) in [6.07, 6.45) is 2.75. The Kier molecular flexibility index (Phi) is 5.45. The van der Waals surface area contributed by atoms with Crippen molar-refractivity contribution >= 4 is 18.3 Å². The van der Waals surface area contributed by atoms with E-state index >= 15 is 0 Å². The van der Waals surface area contributed by atoms with E-state index < -0.39 is 0 Å². The van der Waals surface area contributed by atoms with Crippen molar-refractivity contribution in [3.63, 3.8) is 0 Å². The highest BCUT2D eigenvalue weighted by Crippen LogP contribution is 2.28. The fraction of sp³-hybridized carbons (Fsp3) is 0.462. The van der Waals surface area contributed by atoms with E-state index in [1.807, 2.05) is 23.1 Å². The molecule has 0 radical (unpaired) electrons. The third kappa shape index (κ3) is 4.02. The average molecular weight is 255 g/mol. The van der Waals surface area contributed by atoms with Crippen LogP contribution < -0.4 is 5.73 Å². The summed E-state index contributed by atoms with van der Waals surface area (Å²) in [6, 6.07) is 10.6. The molecule has 17 heavy (non-hydrogen) atoms. The van der Waals surface area contributed by atoms with E-state index in [9.17, 15) is 4.79 Å². The number of hydrogen-bond donors (Lipinski definition) is 1. The zero-order valence-corrected chi connectivity index (χ0v) is 10.7. The number of benzene rings is 1. The van der Waals surface area contributed by atoms with Gasteiger partial charge in [0.1, 0.15) is 0 Å². The van der Waals surface area contributed by atoms with Gasteiger partial charge in [-0.15, -0.1) is 12.4 Å². The molecule has 2 N–H and O–H groups in total. The molecular formula is C13H19ClN2O. The molecule has 1 aromatic rings. The van der Waals surface area contributed by atoms with E-state index in [2.05, 4.69) is 12.1 Å². The molecule has 1 saturated carbocycles. The Hall–Kier alpha value is -1.06. The van der Waals surface area contributed by atoms with Crippen LogP contribution in [0, 0.1) is 0 Å². The maximum Gasteiger partial charge on any atom is 0.224 e. The summed E-state index contributed by atoms with van der Waals surface area (Å²) in [5.74, 6) is 0.189. The maximum atomic E-state index is 11.9. The van der Waals surface area contributed by atoms with Crippen molar-refractivity contribution in [2.45, 2.75) is 31.8 Å². The Morgan fingerprint density at radius 1 is 1.29 bits per heavy atom. The van der Waals surface area contributed by atoms with Crippen LogP contribution in [0.2, 0.25) is 0 Å². The minimum Gasteiger partial charge on any atom is -0.335 e. The third-order valence-electron chi connectivity index (χ3n) is 2.86. The summed E-state index contributed by atoms with van der Waals surface area (Å²) in [7, 11) is 0. The summed E-state index contributed by atoms with van der Waals surface area (Å²) in [5.41, 5.74) is 6.63. The normalized spacial score (nSPS) is 13.9. The molecule has 0 aliphatic heterocycles. The van der Waals surface area contributed by atoms with Crippen LogP contribution in [0.15, 0.2) is 30.3 Å². The van der Waals surface area contributed by atoms with Gasteiger partial charge in [-0.05, 0) is 18.4 Å². The third-order valence-corrected chi connectivity index (χ3v) is 2.86. The second kappa shape index (κ2) is 6.62. The van der Waals surface area contributed by atoms with Crippen molar-refractivity contribution < 1.29 is 4.79 Å². The van der Waals surface area contributed by atoms with Crippen LogP contribution in [0.5, 0.6) is 0 Å². The van der Waals surface area contributed by atoms with Gasteiger partial charge in [0.25, 0.3) is 0 Å². The van der Waals surface area contributed by atoms with Crippen LogP contribution in [0.1, 0.15) is 24.8 Å². The van der Waals surface area contributed by atoms with Gasteiger partial charge >= 0.3 is 0 Å². The van der Waals surface area contributed by atoms with Gasteiger partial charge in [0.2, 0.25) is 5.91 Å². The zero-order valence-electron chi connectivity index (χ0n) is 9.84. The fourth-order valence-electron chi connectivity index (χ4n) is 1.85. The molecule has 1 fully saturated rings. The summed E-state index contributed by atoms with van der Waals surface area (Å²) < 4.78 is 0. The highest BCUT2D eigenvalue weighted by molar-refractivity contribution is 5.85. The number of hydrogen-bond acceptors (Lipinski definition) is 2. The molecule has 1 aromatic carbocycles. The lowest BCUT2D eigenvalue weighted by Crippen LogP contribution is -2.33. The molecule has 1 aliphatic carbocycles. The SMILES string of the molecule is Cl.NCCC(=O)N(Cc1ccccc1)C1CC1. The largest absolute Gasteiger partial charge is 0.335 e. The molecule has 94 valence electrons. The second-order valence-corrected chi connectivity index (χ2v) is 4.28. The minimum atomic E-state index is 0. The topological polar surface area (TPSA) is 46.3 Å². The predicted molar refractivity (Wildman–Crippen MR) is 70.9 cm³/mol. The first-order chi connectivity index (χ1) is 7.81. The molecule has 1 amide bonds. The molecule has 0 atom stereocenters. The van der Waals surface area contributed by atoms with E-state index in [-0.39, 0.29) is 18.3 Å². The van der Waals surface area contributed by atoms with Gasteiger partial charge in [0.15, 0.2) is 0 Å². The molecule has 0 heterocycles. The number of rotatable bonds is 5. The first-order valence-corrected chi connectivity index (χ1v) is 5.84. The predicted octanol–water partition coefficient (Wildman–Crippen LogP) is 1.95. The number of carbonyl (C=O) groups is 1. The van der Waals surface area contributed by atoms with E-state index in [0.717, 1.165) is 19.4 Å². The van der Waals surface area contributed by atoms with E-state index in [1.54, 1.807) is 0 Å². The van der Waals surface area contributed by atoms with Gasteiger partial charge in [-0.3, -0.25) is 4.79 Å². The van der Waals surface area contributed by atoms with Gasteiger partial charge in [0, 0.05) is 25.6 Å². The molecule has 2 rings (SSSR count). The second-order valence-electron chi connectivity index (χ2n) is 4.28. The summed E-state index contributed by atoms with van der Waals surface area (Å²) in [4.78, 5) is 13.8. The Bertz CT molecular complexity index is 352. The lowest BCUT2D eigenvalue weighted by atomic mass is 10.2. The highest BCUT2D eigenvalue weighted by atomic mass is 35.5. The van der Waals surface area contributed by atoms with Crippen LogP contribution in [-0.4, -0.2) is 23.4 Å². The Morgan fingerprint density at radius 3 is 2.47 bits per heavy atom. The standard InChI is InChI=1S/C13H18N2O.ClH/c14-9-8-13(16)15(12-6-7-12)10-11-4-2-1-3-5-11;/h1-5,12H,6-10,14H2;1H. The van der Waals surface area contributed by atoms with Crippen LogP contribution in [0.25, 0.3) is 0 Å². The summed E-state index contributed by atoms with van der Waals surface area (Å²) in [5, 5.41) is 0. The molecule has 0 spiro atoms. The van der Waals surface area contributed by atoms with Crippen LogP contribution >= 0.6 is 12.4 Å². The van der Waals surface area contributed by atoms with Gasteiger partial charge < -0.3 is 10.6 Å². The first-order valence-electron chi connectivity index (χ1n) is 5.84. The molecule has 4 heteroatoms. The van der Waals surface area contributed by atoms with Gasteiger partial charge in [0.05, 0.1) is 0 Å². The van der Waals surface area contributed by atoms with Gasteiger partial charge in [-0.2, -0.15) is 0 Å². The number of nitrogens with zero attached hydrogens (tertiary/aromatic N) is 1. The summed E-state index contributed by atoms with van der Waals surface area (Å²) in [6.45, 7) is 1.17. The van der Waals surface area contributed by atoms with Gasteiger partial charge in [-0.25, -0.2) is 0 Å². The highest BCUT2D eigenvalue weighted by Gasteiger charge is 2.31. The monoisotopic (exact) mass is 254 g/mol. The molecule has 3 nitrogen and oxygen atoms in total. The molecule has 0 bridgehead atoms. The van der Waals surface area contributed by atoms with Gasteiger partial charge in [-0.1, -0.05) is 30.3 Å². The quantitative estimate of drug-likeness (QED) is 0.873. The lowest BCUT2D eigenvalue weighted by molar-refractivity contribution is -0.132. The van der Waals surface area contributed by atoms with Crippen molar-refractivity contribution in [1.29, 1.82) is 0 Å². The Morgan fingerprint density at radius 2 is 1.94 bits per heavy atom. The number of nitrogens with two attached hydrogens (primary N) is 1. The molecule has 0 aromatic heterocycles. The molecule has 0 saturated heterocycles. The fourth-order valence-corrected chi connectivity index (χ4v) is 1.85. The molecular weight excluding hydrogens is 236 g/mol. The van der Waals surface area contributed by atoms with Crippen molar-refractivity contribution in [3.8, 4) is 0 Å². The molecule has 0 unspecified atom stereocenters. The minimum absolute atomic E-state index is 0. The van der Waals surface area contributed by atoms with E-state index in [4.69, 9.17) is 5.73 Å². The Labute approximate surface area is 108 Å². The number of amides is 1. The zero-order chi connectivity index (χ0) is 11.4. The van der Waals surface area contributed by atoms with Crippen LogP contribution in [0.4, 0.5) is 0 Å². The van der Waals surface area contributed by atoms with E-state index in [0.29, 0.717) is 19.0 Å². The average Bonchev–Trinajstić information content (AvgIpc) is 3.11. The molecule has 1 aliphatic rings. The van der Waals surface area contributed by atoms with Crippen molar-refractivity contribution in [2.24, 2.45) is 5.73 Å². The van der Waals surface area contributed by atoms with E-state index in [1.165, 1.54) is 5.56 Å². The lowest BCUT2D eigenvalue weighted by Gasteiger charge is -2.22. The van der Waals surface area contributed by atoms with Crippen molar-refractivity contribution in [3.05, 3.63) is 35.9 Å². The number of carbonyl (C=O) groups excluding carboxylic acids is 1. The first kappa shape index (κ1) is 14.0. The maximum absolute atomic E-state index is 11.9. The van der Waals surface area contributed by atoms with Crippen LogP contribution in [0.3, 0.4) is 0 Å². The summed E-state index contributed by atoms with van der Waals surface area (Å²) >= 11 is 0. The number of halogens is 1. The van der Waals surface area contributed by atoms with Crippen molar-refractivity contribution in [1.82, 2.24) is 4.90 Å². The van der Waals surface area contributed by atoms with Crippen molar-refractivity contribution in [2.75, 3.05) is 6.54 Å².